The molecule has 39 heavy (non-hydrogen) atoms. The smallest absolute Gasteiger partial charge is 0.255 e. The SMILES string of the molecule is CC[C@H](C)[C@@H]1NC(=O)c2cc(Cl)ccc2OCCN(Cc2ccccc2)C(=O)[C@H](Cc2ccccc2)NC1=O. The summed E-state index contributed by atoms with van der Waals surface area (Å²) in [4.78, 5) is 42.8. The largest absolute Gasteiger partial charge is 0.491 e. The Morgan fingerprint density at radius 3 is 2.28 bits per heavy atom. The van der Waals surface area contributed by atoms with E-state index < -0.39 is 23.9 Å². The molecular weight excluding hydrogens is 514 g/mol. The second-order valence-corrected chi connectivity index (χ2v) is 10.3. The van der Waals surface area contributed by atoms with Gasteiger partial charge in [0.25, 0.3) is 5.91 Å². The summed E-state index contributed by atoms with van der Waals surface area (Å²) in [6.45, 7) is 4.61. The molecule has 7 nitrogen and oxygen atoms in total. The molecule has 0 aromatic heterocycles. The third-order valence-electron chi connectivity index (χ3n) is 7.01. The Morgan fingerprint density at radius 1 is 0.949 bits per heavy atom. The van der Waals surface area contributed by atoms with Gasteiger partial charge in [-0.1, -0.05) is 92.5 Å². The van der Waals surface area contributed by atoms with Crippen LogP contribution in [0.3, 0.4) is 0 Å². The molecule has 3 aromatic rings. The van der Waals surface area contributed by atoms with Crippen molar-refractivity contribution in [3.63, 3.8) is 0 Å². The van der Waals surface area contributed by atoms with Gasteiger partial charge in [-0.25, -0.2) is 0 Å². The lowest BCUT2D eigenvalue weighted by molar-refractivity contribution is -0.138. The molecule has 1 heterocycles. The van der Waals surface area contributed by atoms with Crippen molar-refractivity contribution in [1.82, 2.24) is 15.5 Å². The number of halogens is 1. The van der Waals surface area contributed by atoms with Gasteiger partial charge in [-0.15, -0.1) is 0 Å². The Morgan fingerprint density at radius 2 is 1.62 bits per heavy atom. The highest BCUT2D eigenvalue weighted by atomic mass is 35.5. The summed E-state index contributed by atoms with van der Waals surface area (Å²) in [5.41, 5.74) is 2.12. The number of carbonyl (C=O) groups is 3. The molecule has 0 unspecified atom stereocenters. The van der Waals surface area contributed by atoms with Gasteiger partial charge in [0.05, 0.1) is 12.1 Å². The summed E-state index contributed by atoms with van der Waals surface area (Å²) in [6, 6.07) is 22.4. The monoisotopic (exact) mass is 547 g/mol. The molecule has 3 aromatic carbocycles. The Labute approximate surface area is 234 Å². The van der Waals surface area contributed by atoms with E-state index in [4.69, 9.17) is 16.3 Å². The van der Waals surface area contributed by atoms with Crippen molar-refractivity contribution in [2.24, 2.45) is 5.92 Å². The van der Waals surface area contributed by atoms with Crippen LogP contribution >= 0.6 is 11.6 Å². The van der Waals surface area contributed by atoms with E-state index in [1.807, 2.05) is 74.5 Å². The van der Waals surface area contributed by atoms with E-state index in [9.17, 15) is 14.4 Å². The van der Waals surface area contributed by atoms with E-state index in [1.54, 1.807) is 17.0 Å². The average Bonchev–Trinajstić information content (AvgIpc) is 2.95. The highest BCUT2D eigenvalue weighted by Gasteiger charge is 2.33. The van der Waals surface area contributed by atoms with Crippen molar-refractivity contribution in [2.75, 3.05) is 13.2 Å². The lowest BCUT2D eigenvalue weighted by atomic mass is 9.96. The normalized spacial score (nSPS) is 19.4. The minimum atomic E-state index is -0.858. The number of nitrogens with zero attached hydrogens (tertiary/aromatic N) is 1. The zero-order valence-corrected chi connectivity index (χ0v) is 23.0. The van der Waals surface area contributed by atoms with Crippen LogP contribution in [0.15, 0.2) is 78.9 Å². The molecule has 3 amide bonds. The third-order valence-corrected chi connectivity index (χ3v) is 7.25. The third kappa shape index (κ3) is 7.39. The molecule has 0 spiro atoms. The van der Waals surface area contributed by atoms with E-state index in [2.05, 4.69) is 10.6 Å². The van der Waals surface area contributed by atoms with Gasteiger partial charge in [0.15, 0.2) is 0 Å². The van der Waals surface area contributed by atoms with Crippen LogP contribution < -0.4 is 15.4 Å². The number of hydrogen-bond donors (Lipinski definition) is 2. The number of ether oxygens (including phenoxy) is 1. The van der Waals surface area contributed by atoms with Gasteiger partial charge < -0.3 is 20.3 Å². The quantitative estimate of drug-likeness (QED) is 0.471. The molecular formula is C31H34ClN3O4. The van der Waals surface area contributed by atoms with E-state index in [1.165, 1.54) is 6.07 Å². The maximum Gasteiger partial charge on any atom is 0.255 e. The Balaban J connectivity index is 1.73. The van der Waals surface area contributed by atoms with Crippen LogP contribution in [0.4, 0.5) is 0 Å². The molecule has 8 heteroatoms. The van der Waals surface area contributed by atoms with Crippen LogP contribution in [0, 0.1) is 5.92 Å². The summed E-state index contributed by atoms with van der Waals surface area (Å²) < 4.78 is 6.03. The molecule has 0 fully saturated rings. The summed E-state index contributed by atoms with van der Waals surface area (Å²) in [7, 11) is 0. The number of carbonyl (C=O) groups excluding carboxylic acids is 3. The van der Waals surface area contributed by atoms with Crippen molar-refractivity contribution < 1.29 is 19.1 Å². The maximum absolute atomic E-state index is 14.1. The predicted octanol–water partition coefficient (Wildman–Crippen LogP) is 4.63. The molecule has 0 radical (unpaired) electrons. The fraction of sp³-hybridized carbons (Fsp3) is 0.323. The van der Waals surface area contributed by atoms with Crippen molar-refractivity contribution in [2.45, 2.75) is 45.3 Å². The predicted molar refractivity (Wildman–Crippen MR) is 152 cm³/mol. The number of benzene rings is 3. The highest BCUT2D eigenvalue weighted by molar-refractivity contribution is 6.31. The van der Waals surface area contributed by atoms with E-state index in [0.29, 0.717) is 30.2 Å². The highest BCUT2D eigenvalue weighted by Crippen LogP contribution is 2.24. The van der Waals surface area contributed by atoms with Crippen LogP contribution in [0.2, 0.25) is 5.02 Å². The van der Waals surface area contributed by atoms with E-state index in [-0.39, 0.29) is 30.5 Å². The van der Waals surface area contributed by atoms with Crippen molar-refractivity contribution in [3.8, 4) is 5.75 Å². The molecule has 1 aliphatic heterocycles. The first-order chi connectivity index (χ1) is 18.9. The zero-order chi connectivity index (χ0) is 27.8. The summed E-state index contributed by atoms with van der Waals surface area (Å²) >= 11 is 6.21. The number of nitrogens with one attached hydrogen (secondary N) is 2. The van der Waals surface area contributed by atoms with Crippen LogP contribution in [0.25, 0.3) is 0 Å². The Hall–Kier alpha value is -3.84. The zero-order valence-electron chi connectivity index (χ0n) is 22.2. The fourth-order valence-corrected chi connectivity index (χ4v) is 4.77. The van der Waals surface area contributed by atoms with Crippen LogP contribution in [-0.2, 0) is 22.6 Å². The molecule has 4 rings (SSSR count). The second kappa shape index (κ2) is 13.3. The summed E-state index contributed by atoms with van der Waals surface area (Å²) in [6.07, 6.45) is 0.962. The van der Waals surface area contributed by atoms with E-state index in [0.717, 1.165) is 11.1 Å². The lowest BCUT2D eigenvalue weighted by Crippen LogP contribution is -2.56. The molecule has 0 saturated heterocycles. The summed E-state index contributed by atoms with van der Waals surface area (Å²) in [5, 5.41) is 6.23. The first-order valence-electron chi connectivity index (χ1n) is 13.3. The molecule has 0 bridgehead atoms. The second-order valence-electron chi connectivity index (χ2n) is 9.82. The average molecular weight is 548 g/mol. The molecule has 204 valence electrons. The summed E-state index contributed by atoms with van der Waals surface area (Å²) in [5.74, 6) is -0.929. The number of fused-ring (bicyclic) bond motifs is 1. The number of amides is 3. The Bertz CT molecular complexity index is 1290. The molecule has 1 aliphatic rings. The van der Waals surface area contributed by atoms with Crippen molar-refractivity contribution >= 4 is 29.3 Å². The minimum absolute atomic E-state index is 0.154. The fourth-order valence-electron chi connectivity index (χ4n) is 4.59. The topological polar surface area (TPSA) is 87.7 Å². The van der Waals surface area contributed by atoms with Gasteiger partial charge in [-0.05, 0) is 35.2 Å². The van der Waals surface area contributed by atoms with Crippen molar-refractivity contribution in [3.05, 3.63) is 101 Å². The molecule has 3 atom stereocenters. The van der Waals surface area contributed by atoms with Gasteiger partial charge in [-0.2, -0.15) is 0 Å². The first-order valence-corrected chi connectivity index (χ1v) is 13.6. The number of hydrogen-bond acceptors (Lipinski definition) is 4. The standard InChI is InChI=1S/C31H34ClN3O4/c1-3-21(2)28-30(37)33-26(18-22-10-6-4-7-11-22)31(38)35(20-23-12-8-5-9-13-23)16-17-39-27-15-14-24(32)19-25(27)29(36)34-28/h4-15,19,21,26,28H,3,16-18,20H2,1-2H3,(H,33,37)(H,34,36)/t21-,26-,28-/m0/s1. The van der Waals surface area contributed by atoms with Gasteiger partial charge in [0, 0.05) is 18.0 Å². The minimum Gasteiger partial charge on any atom is -0.491 e. The van der Waals surface area contributed by atoms with Crippen LogP contribution in [0.5, 0.6) is 5.75 Å². The first kappa shape index (κ1) is 28.2. The van der Waals surface area contributed by atoms with Gasteiger partial charge in [0.1, 0.15) is 24.4 Å². The van der Waals surface area contributed by atoms with Crippen molar-refractivity contribution in [1.29, 1.82) is 0 Å². The van der Waals surface area contributed by atoms with Gasteiger partial charge >= 0.3 is 0 Å². The van der Waals surface area contributed by atoms with Gasteiger partial charge in [0.2, 0.25) is 11.8 Å². The van der Waals surface area contributed by atoms with E-state index >= 15 is 0 Å². The number of rotatable bonds is 6. The Kier molecular flexibility index (Phi) is 9.60. The maximum atomic E-state index is 14.1. The van der Waals surface area contributed by atoms with Crippen LogP contribution in [-0.4, -0.2) is 47.9 Å². The molecule has 0 aliphatic carbocycles. The molecule has 2 N–H and O–H groups in total. The van der Waals surface area contributed by atoms with Crippen LogP contribution in [0.1, 0.15) is 41.8 Å². The molecule has 0 saturated carbocycles. The van der Waals surface area contributed by atoms with Gasteiger partial charge in [-0.3, -0.25) is 14.4 Å². The lowest BCUT2D eigenvalue weighted by Gasteiger charge is -2.30.